The van der Waals surface area contributed by atoms with Gasteiger partial charge >= 0.3 is 0 Å². The van der Waals surface area contributed by atoms with Gasteiger partial charge < -0.3 is 15.0 Å². The molecule has 0 aromatic heterocycles. The van der Waals surface area contributed by atoms with Crippen molar-refractivity contribution < 1.29 is 4.74 Å². The molecule has 3 nitrogen and oxygen atoms in total. The zero-order valence-electron chi connectivity index (χ0n) is 11.2. The van der Waals surface area contributed by atoms with Gasteiger partial charge in [0.2, 0.25) is 0 Å². The number of ether oxygens (including phenoxy) is 1. The van der Waals surface area contributed by atoms with E-state index in [0.717, 1.165) is 19.7 Å². The number of likely N-dealkylation sites (tertiary alicyclic amines) is 1. The number of rotatable bonds is 7. The monoisotopic (exact) mass is 228 g/mol. The summed E-state index contributed by atoms with van der Waals surface area (Å²) >= 11 is 0. The average molecular weight is 228 g/mol. The predicted octanol–water partition coefficient (Wildman–Crippen LogP) is 1.88. The SMILES string of the molecule is CCNC(C)CCN1CCCC(OCC)C1. The third-order valence-electron chi connectivity index (χ3n) is 3.30. The highest BCUT2D eigenvalue weighted by atomic mass is 16.5. The highest BCUT2D eigenvalue weighted by Gasteiger charge is 2.19. The summed E-state index contributed by atoms with van der Waals surface area (Å²) < 4.78 is 5.71. The van der Waals surface area contributed by atoms with Gasteiger partial charge in [-0.15, -0.1) is 0 Å². The Kier molecular flexibility index (Phi) is 7.01. The van der Waals surface area contributed by atoms with Gasteiger partial charge in [0.25, 0.3) is 0 Å². The average Bonchev–Trinajstić information content (AvgIpc) is 2.28. The van der Waals surface area contributed by atoms with Gasteiger partial charge in [-0.05, 0) is 52.7 Å². The summed E-state index contributed by atoms with van der Waals surface area (Å²) in [5.41, 5.74) is 0. The molecule has 0 aliphatic carbocycles. The van der Waals surface area contributed by atoms with Crippen LogP contribution in [0.3, 0.4) is 0 Å². The van der Waals surface area contributed by atoms with Crippen LogP contribution in [0.25, 0.3) is 0 Å². The summed E-state index contributed by atoms with van der Waals surface area (Å²) in [6, 6.07) is 0.637. The quantitative estimate of drug-likeness (QED) is 0.720. The van der Waals surface area contributed by atoms with Gasteiger partial charge in [0.1, 0.15) is 0 Å². The molecule has 0 spiro atoms. The largest absolute Gasteiger partial charge is 0.377 e. The van der Waals surface area contributed by atoms with E-state index in [1.165, 1.54) is 32.4 Å². The van der Waals surface area contributed by atoms with E-state index in [1.807, 2.05) is 0 Å². The van der Waals surface area contributed by atoms with Crippen LogP contribution in [0.1, 0.15) is 40.0 Å². The normalized spacial score (nSPS) is 24.6. The lowest BCUT2D eigenvalue weighted by Gasteiger charge is -2.33. The lowest BCUT2D eigenvalue weighted by molar-refractivity contribution is 0.00519. The van der Waals surface area contributed by atoms with Crippen LogP contribution in [0.2, 0.25) is 0 Å². The Balaban J connectivity index is 2.16. The van der Waals surface area contributed by atoms with Crippen LogP contribution >= 0.6 is 0 Å². The molecule has 0 saturated carbocycles. The van der Waals surface area contributed by atoms with Gasteiger partial charge in [0.05, 0.1) is 6.10 Å². The first-order valence-corrected chi connectivity index (χ1v) is 6.83. The van der Waals surface area contributed by atoms with Crippen molar-refractivity contribution in [3.63, 3.8) is 0 Å². The second-order valence-corrected chi connectivity index (χ2v) is 4.77. The van der Waals surface area contributed by atoms with Crippen molar-refractivity contribution in [2.45, 2.75) is 52.2 Å². The van der Waals surface area contributed by atoms with E-state index in [2.05, 4.69) is 31.0 Å². The minimum Gasteiger partial charge on any atom is -0.377 e. The smallest absolute Gasteiger partial charge is 0.0702 e. The van der Waals surface area contributed by atoms with E-state index in [1.54, 1.807) is 0 Å². The van der Waals surface area contributed by atoms with Crippen LogP contribution in [0.5, 0.6) is 0 Å². The molecule has 0 aromatic carbocycles. The van der Waals surface area contributed by atoms with Crippen molar-refractivity contribution in [1.82, 2.24) is 10.2 Å². The van der Waals surface area contributed by atoms with Gasteiger partial charge in [0, 0.05) is 19.2 Å². The van der Waals surface area contributed by atoms with Crippen LogP contribution in [0.4, 0.5) is 0 Å². The highest BCUT2D eigenvalue weighted by molar-refractivity contribution is 4.74. The number of piperidine rings is 1. The topological polar surface area (TPSA) is 24.5 Å². The molecule has 1 fully saturated rings. The fourth-order valence-electron chi connectivity index (χ4n) is 2.41. The molecule has 3 heteroatoms. The van der Waals surface area contributed by atoms with Gasteiger partial charge in [-0.3, -0.25) is 0 Å². The Morgan fingerprint density at radius 2 is 2.25 bits per heavy atom. The number of hydrogen-bond donors (Lipinski definition) is 1. The van der Waals surface area contributed by atoms with Crippen LogP contribution < -0.4 is 5.32 Å². The second-order valence-electron chi connectivity index (χ2n) is 4.77. The van der Waals surface area contributed by atoms with Crippen LogP contribution in [0.15, 0.2) is 0 Å². The molecule has 2 unspecified atom stereocenters. The molecule has 1 saturated heterocycles. The van der Waals surface area contributed by atoms with Crippen molar-refractivity contribution in [2.24, 2.45) is 0 Å². The first-order valence-electron chi connectivity index (χ1n) is 6.83. The summed E-state index contributed by atoms with van der Waals surface area (Å²) in [4.78, 5) is 2.55. The Labute approximate surface area is 101 Å². The third kappa shape index (κ3) is 5.28. The van der Waals surface area contributed by atoms with E-state index in [4.69, 9.17) is 4.74 Å². The molecular weight excluding hydrogens is 200 g/mol. The number of nitrogens with one attached hydrogen (secondary N) is 1. The van der Waals surface area contributed by atoms with Crippen LogP contribution in [0, 0.1) is 0 Å². The standard InChI is InChI=1S/C13H28N2O/c1-4-14-12(3)8-10-15-9-6-7-13(11-15)16-5-2/h12-14H,4-11H2,1-3H3. The van der Waals surface area contributed by atoms with Crippen molar-refractivity contribution in [3.05, 3.63) is 0 Å². The molecule has 2 atom stereocenters. The summed E-state index contributed by atoms with van der Waals surface area (Å²) in [5, 5.41) is 3.46. The lowest BCUT2D eigenvalue weighted by atomic mass is 10.1. The maximum atomic E-state index is 5.71. The van der Waals surface area contributed by atoms with E-state index in [0.29, 0.717) is 12.1 Å². The molecule has 1 aliphatic heterocycles. The molecule has 0 aromatic rings. The Morgan fingerprint density at radius 1 is 1.44 bits per heavy atom. The molecule has 1 aliphatic rings. The first kappa shape index (κ1) is 13.9. The first-order chi connectivity index (χ1) is 7.76. The second kappa shape index (κ2) is 8.04. The molecule has 1 N–H and O–H groups in total. The molecule has 16 heavy (non-hydrogen) atoms. The summed E-state index contributed by atoms with van der Waals surface area (Å²) in [6.07, 6.45) is 4.26. The molecule has 0 amide bonds. The van der Waals surface area contributed by atoms with E-state index >= 15 is 0 Å². The summed E-state index contributed by atoms with van der Waals surface area (Å²) in [5.74, 6) is 0. The number of hydrogen-bond acceptors (Lipinski definition) is 3. The van der Waals surface area contributed by atoms with Crippen molar-refractivity contribution >= 4 is 0 Å². The minimum atomic E-state index is 0.480. The summed E-state index contributed by atoms with van der Waals surface area (Å²) in [7, 11) is 0. The number of nitrogens with zero attached hydrogens (tertiary/aromatic N) is 1. The predicted molar refractivity (Wildman–Crippen MR) is 68.8 cm³/mol. The fourth-order valence-corrected chi connectivity index (χ4v) is 2.41. The summed E-state index contributed by atoms with van der Waals surface area (Å²) in [6.45, 7) is 12.0. The molecule has 1 rings (SSSR count). The van der Waals surface area contributed by atoms with Crippen molar-refractivity contribution in [2.75, 3.05) is 32.8 Å². The maximum Gasteiger partial charge on any atom is 0.0702 e. The minimum absolute atomic E-state index is 0.480. The molecule has 0 radical (unpaired) electrons. The Bertz CT molecular complexity index is 173. The third-order valence-corrected chi connectivity index (χ3v) is 3.30. The Morgan fingerprint density at radius 3 is 2.94 bits per heavy atom. The molecule has 96 valence electrons. The van der Waals surface area contributed by atoms with E-state index < -0.39 is 0 Å². The van der Waals surface area contributed by atoms with Gasteiger partial charge in [0.15, 0.2) is 0 Å². The zero-order valence-corrected chi connectivity index (χ0v) is 11.2. The van der Waals surface area contributed by atoms with Gasteiger partial charge in [-0.1, -0.05) is 6.92 Å². The Hall–Kier alpha value is -0.120. The van der Waals surface area contributed by atoms with Crippen molar-refractivity contribution in [3.8, 4) is 0 Å². The lowest BCUT2D eigenvalue weighted by Crippen LogP contribution is -2.41. The van der Waals surface area contributed by atoms with E-state index in [-0.39, 0.29) is 0 Å². The van der Waals surface area contributed by atoms with Crippen LogP contribution in [-0.4, -0.2) is 49.8 Å². The van der Waals surface area contributed by atoms with Crippen LogP contribution in [-0.2, 0) is 4.74 Å². The van der Waals surface area contributed by atoms with Gasteiger partial charge in [-0.25, -0.2) is 0 Å². The van der Waals surface area contributed by atoms with Crippen molar-refractivity contribution in [1.29, 1.82) is 0 Å². The molecule has 1 heterocycles. The van der Waals surface area contributed by atoms with E-state index in [9.17, 15) is 0 Å². The van der Waals surface area contributed by atoms with Gasteiger partial charge in [-0.2, -0.15) is 0 Å². The molecule has 0 bridgehead atoms. The maximum absolute atomic E-state index is 5.71. The highest BCUT2D eigenvalue weighted by Crippen LogP contribution is 2.13. The fraction of sp³-hybridized carbons (Fsp3) is 1.00. The zero-order chi connectivity index (χ0) is 11.8. The molecular formula is C13H28N2O.